The number of nitrogens with one attached hydrogen (secondary N) is 1. The van der Waals surface area contributed by atoms with Crippen LogP contribution in [0.5, 0.6) is 0 Å². The number of carbonyl (C=O) groups is 1. The lowest BCUT2D eigenvalue weighted by Gasteiger charge is -2.11. The Balaban J connectivity index is 3.60. The summed E-state index contributed by atoms with van der Waals surface area (Å²) in [7, 11) is 0. The van der Waals surface area contributed by atoms with Crippen molar-refractivity contribution in [1.82, 2.24) is 5.32 Å². The Kier molecular flexibility index (Phi) is 5.97. The van der Waals surface area contributed by atoms with Gasteiger partial charge >= 0.3 is 0 Å². The van der Waals surface area contributed by atoms with Crippen molar-refractivity contribution >= 4 is 5.91 Å². The molecule has 0 aromatic rings. The molecule has 0 bridgehead atoms. The summed E-state index contributed by atoms with van der Waals surface area (Å²) >= 11 is 0. The molecule has 0 saturated carbocycles. The molecule has 68 valence electrons. The van der Waals surface area contributed by atoms with Gasteiger partial charge in [-0.3, -0.25) is 4.79 Å². The molecule has 0 aromatic heterocycles. The fourth-order valence-electron chi connectivity index (χ4n) is 0.606. The van der Waals surface area contributed by atoms with Gasteiger partial charge < -0.3 is 20.4 Å². The highest BCUT2D eigenvalue weighted by Crippen LogP contribution is 1.85. The highest BCUT2D eigenvalue weighted by atomic mass is 16.3. The summed E-state index contributed by atoms with van der Waals surface area (Å²) in [5, 5.41) is 19.5. The van der Waals surface area contributed by atoms with Gasteiger partial charge in [-0.2, -0.15) is 0 Å². The van der Waals surface area contributed by atoms with Crippen molar-refractivity contribution < 1.29 is 15.0 Å². The Morgan fingerprint density at radius 1 is 1.50 bits per heavy atom. The Morgan fingerprint density at radius 2 is 2.08 bits per heavy atom. The maximum absolute atomic E-state index is 10.9. The van der Waals surface area contributed by atoms with Crippen LogP contribution >= 0.6 is 0 Å². The van der Waals surface area contributed by atoms with Crippen LogP contribution in [0.15, 0.2) is 0 Å². The number of carbonyl (C=O) groups excluding carboxylic acids is 1. The quantitative estimate of drug-likeness (QED) is 0.454. The highest BCUT2D eigenvalue weighted by molar-refractivity contribution is 5.76. The lowest BCUT2D eigenvalue weighted by atomic mass is 10.3. The summed E-state index contributed by atoms with van der Waals surface area (Å²) in [6.07, 6.45) is 0.111. The van der Waals surface area contributed by atoms with E-state index >= 15 is 0 Å². The van der Waals surface area contributed by atoms with Crippen LogP contribution in [0.2, 0.25) is 0 Å². The molecular formula is C7H12N2O3. The van der Waals surface area contributed by atoms with E-state index in [4.69, 9.17) is 16.8 Å². The number of amides is 1. The van der Waals surface area contributed by atoms with E-state index in [0.29, 0.717) is 0 Å². The summed E-state index contributed by atoms with van der Waals surface area (Å²) in [5.74, 6) is -0.320. The molecule has 0 aromatic carbocycles. The molecule has 0 fully saturated rings. The zero-order chi connectivity index (χ0) is 9.40. The molecule has 0 atom stereocenters. The van der Waals surface area contributed by atoms with Crippen molar-refractivity contribution in [3.63, 3.8) is 0 Å². The van der Waals surface area contributed by atoms with Gasteiger partial charge in [0.1, 0.15) is 0 Å². The van der Waals surface area contributed by atoms with Gasteiger partial charge in [0.2, 0.25) is 12.5 Å². The Labute approximate surface area is 70.8 Å². The number of hydrogen-bond acceptors (Lipinski definition) is 3. The van der Waals surface area contributed by atoms with Crippen LogP contribution in [-0.2, 0) is 4.79 Å². The van der Waals surface area contributed by atoms with Gasteiger partial charge in [-0.25, -0.2) is 6.57 Å². The zero-order valence-electron chi connectivity index (χ0n) is 6.66. The van der Waals surface area contributed by atoms with E-state index in [2.05, 4.69) is 10.2 Å². The Hall–Kier alpha value is -1.12. The van der Waals surface area contributed by atoms with Crippen molar-refractivity contribution in [2.24, 2.45) is 0 Å². The smallest absolute Gasteiger partial charge is 0.227 e. The minimum Gasteiger partial charge on any atom is -0.394 e. The molecule has 0 heterocycles. The first-order valence-electron chi connectivity index (χ1n) is 3.59. The molecule has 0 aliphatic heterocycles. The van der Waals surface area contributed by atoms with Gasteiger partial charge in [0, 0.05) is 0 Å². The van der Waals surface area contributed by atoms with Crippen LogP contribution < -0.4 is 5.32 Å². The maximum Gasteiger partial charge on any atom is 0.227 e. The van der Waals surface area contributed by atoms with E-state index in [1.807, 2.05) is 0 Å². The second kappa shape index (κ2) is 6.58. The number of rotatable bonds is 5. The Morgan fingerprint density at radius 3 is 2.50 bits per heavy atom. The molecule has 1 amide bonds. The normalized spacial score (nSPS) is 9.50. The first-order chi connectivity index (χ1) is 5.74. The molecule has 12 heavy (non-hydrogen) atoms. The van der Waals surface area contributed by atoms with Gasteiger partial charge in [-0.1, -0.05) is 0 Å². The lowest BCUT2D eigenvalue weighted by Crippen LogP contribution is -2.40. The third-order valence-electron chi connectivity index (χ3n) is 1.26. The maximum atomic E-state index is 10.9. The first kappa shape index (κ1) is 10.9. The topological polar surface area (TPSA) is 73.9 Å². The van der Waals surface area contributed by atoms with E-state index in [1.54, 1.807) is 0 Å². The number of nitrogens with zero attached hydrogens (tertiary/aromatic N) is 1. The van der Waals surface area contributed by atoms with Crippen LogP contribution in [0, 0.1) is 6.57 Å². The van der Waals surface area contributed by atoms with Crippen molar-refractivity contribution in [3.05, 3.63) is 11.4 Å². The predicted octanol–water partition coefficient (Wildman–Crippen LogP) is -1.23. The first-order valence-corrected chi connectivity index (χ1v) is 3.59. The van der Waals surface area contributed by atoms with E-state index in [9.17, 15) is 4.79 Å². The third kappa shape index (κ3) is 4.66. The van der Waals surface area contributed by atoms with Crippen LogP contribution in [0.3, 0.4) is 0 Å². The number of hydrogen-bond donors (Lipinski definition) is 3. The SMILES string of the molecule is [C-]#[N+]CCC(=O)NC(CO)CO. The van der Waals surface area contributed by atoms with E-state index in [0.717, 1.165) is 0 Å². The second-order valence-corrected chi connectivity index (χ2v) is 2.26. The summed E-state index contributed by atoms with van der Waals surface area (Å²) in [6.45, 7) is 5.97. The van der Waals surface area contributed by atoms with Crippen molar-refractivity contribution in [2.45, 2.75) is 12.5 Å². The van der Waals surface area contributed by atoms with Gasteiger partial charge in [-0.15, -0.1) is 0 Å². The fourth-order valence-corrected chi connectivity index (χ4v) is 0.606. The van der Waals surface area contributed by atoms with Gasteiger partial charge in [0.15, 0.2) is 0 Å². The second-order valence-electron chi connectivity index (χ2n) is 2.26. The molecule has 0 saturated heterocycles. The summed E-state index contributed by atoms with van der Waals surface area (Å²) in [4.78, 5) is 13.9. The predicted molar refractivity (Wildman–Crippen MR) is 42.2 cm³/mol. The lowest BCUT2D eigenvalue weighted by molar-refractivity contribution is -0.122. The van der Waals surface area contributed by atoms with Gasteiger partial charge in [-0.05, 0) is 0 Å². The summed E-state index contributed by atoms with van der Waals surface area (Å²) in [6, 6.07) is -0.608. The molecule has 5 nitrogen and oxygen atoms in total. The third-order valence-corrected chi connectivity index (χ3v) is 1.26. The molecular weight excluding hydrogens is 160 g/mol. The molecule has 0 rings (SSSR count). The van der Waals surface area contributed by atoms with Crippen LogP contribution in [0.1, 0.15) is 6.42 Å². The van der Waals surface area contributed by atoms with Crippen molar-refractivity contribution in [1.29, 1.82) is 0 Å². The van der Waals surface area contributed by atoms with Crippen LogP contribution in [0.25, 0.3) is 4.85 Å². The van der Waals surface area contributed by atoms with Gasteiger partial charge in [0.05, 0.1) is 25.7 Å². The Bertz CT molecular complexity index is 172. The number of aliphatic hydroxyl groups excluding tert-OH is 2. The molecule has 5 heteroatoms. The fraction of sp³-hybridized carbons (Fsp3) is 0.714. The zero-order valence-corrected chi connectivity index (χ0v) is 6.66. The van der Waals surface area contributed by atoms with Crippen LogP contribution in [-0.4, -0.2) is 41.9 Å². The van der Waals surface area contributed by atoms with E-state index in [-0.39, 0.29) is 32.1 Å². The van der Waals surface area contributed by atoms with E-state index in [1.165, 1.54) is 0 Å². The minimum atomic E-state index is -0.608. The molecule has 0 radical (unpaired) electrons. The highest BCUT2D eigenvalue weighted by Gasteiger charge is 2.09. The molecule has 0 aliphatic carbocycles. The largest absolute Gasteiger partial charge is 0.394 e. The average Bonchev–Trinajstić information content (AvgIpc) is 2.10. The van der Waals surface area contributed by atoms with Crippen molar-refractivity contribution in [3.8, 4) is 0 Å². The average molecular weight is 172 g/mol. The minimum absolute atomic E-state index is 0.111. The van der Waals surface area contributed by atoms with E-state index < -0.39 is 6.04 Å². The monoisotopic (exact) mass is 172 g/mol. The standard InChI is InChI=1S/C7H12N2O3/c1-8-3-2-7(12)9-6(4-10)5-11/h6,10-11H,2-5H2,(H,9,12). The van der Waals surface area contributed by atoms with Crippen LogP contribution in [0.4, 0.5) is 0 Å². The van der Waals surface area contributed by atoms with Crippen molar-refractivity contribution in [2.75, 3.05) is 19.8 Å². The molecule has 0 aliphatic rings. The summed E-state index contributed by atoms with van der Waals surface area (Å²) in [5.41, 5.74) is 0. The molecule has 0 spiro atoms. The molecule has 0 unspecified atom stereocenters. The molecule has 3 N–H and O–H groups in total. The van der Waals surface area contributed by atoms with Gasteiger partial charge in [0.25, 0.3) is 0 Å². The summed E-state index contributed by atoms with van der Waals surface area (Å²) < 4.78 is 0. The number of aliphatic hydroxyl groups is 2.